The van der Waals surface area contributed by atoms with E-state index < -0.39 is 17.9 Å². The number of hydrogen-bond acceptors (Lipinski definition) is 9. The molecule has 1 amide bonds. The molecule has 11 nitrogen and oxygen atoms in total. The lowest BCUT2D eigenvalue weighted by Crippen LogP contribution is -2.45. The average molecular weight is 541 g/mol. The Morgan fingerprint density at radius 2 is 1.97 bits per heavy atom. The second kappa shape index (κ2) is 12.6. The van der Waals surface area contributed by atoms with Crippen molar-refractivity contribution in [2.45, 2.75) is 19.9 Å². The quantitative estimate of drug-likeness (QED) is 0.188. The molecule has 38 heavy (non-hydrogen) atoms. The van der Waals surface area contributed by atoms with E-state index in [1.54, 1.807) is 32.0 Å². The van der Waals surface area contributed by atoms with E-state index >= 15 is 0 Å². The molecule has 3 heterocycles. The van der Waals surface area contributed by atoms with Gasteiger partial charge in [-0.15, -0.1) is 0 Å². The van der Waals surface area contributed by atoms with E-state index in [-0.39, 0.29) is 13.2 Å². The molecule has 0 saturated carbocycles. The van der Waals surface area contributed by atoms with Crippen molar-refractivity contribution in [3.63, 3.8) is 0 Å². The molecule has 0 bridgehead atoms. The van der Waals surface area contributed by atoms with Crippen LogP contribution in [0.4, 0.5) is 5.88 Å². The number of hydrazone groups is 1. The molecule has 3 N–H and O–H groups in total. The number of nitrogens with one attached hydrogen (secondary N) is 3. The minimum absolute atomic E-state index is 0.237. The number of hydrogen-bond donors (Lipinski definition) is 3. The molecule has 1 saturated heterocycles. The number of anilines is 1. The molecule has 12 heteroatoms. The van der Waals surface area contributed by atoms with E-state index in [9.17, 15) is 9.59 Å². The summed E-state index contributed by atoms with van der Waals surface area (Å²) in [7, 11) is 2.10. The summed E-state index contributed by atoms with van der Waals surface area (Å²) < 4.78 is 16.9. The number of carbonyl (C=O) groups excluding carboxylic acids is 2. The zero-order valence-corrected chi connectivity index (χ0v) is 22.5. The van der Waals surface area contributed by atoms with Gasteiger partial charge in [0.25, 0.3) is 5.91 Å². The smallest absolute Gasteiger partial charge is 0.338 e. The molecule has 0 spiro atoms. The number of nitrogens with zero attached hydrogens (tertiary/aromatic N) is 3. The fourth-order valence-electron chi connectivity index (χ4n) is 4.21. The lowest BCUT2D eigenvalue weighted by molar-refractivity contribution is -0.139. The van der Waals surface area contributed by atoms with Crippen molar-refractivity contribution in [1.29, 1.82) is 0 Å². The number of rotatable bonds is 9. The molecule has 1 aromatic heterocycles. The number of esters is 1. The minimum atomic E-state index is -0.603. The Morgan fingerprint density at radius 3 is 2.74 bits per heavy atom. The second-order valence-electron chi connectivity index (χ2n) is 8.88. The highest BCUT2D eigenvalue weighted by Crippen LogP contribution is 2.33. The molecule has 4 rings (SSSR count). The summed E-state index contributed by atoms with van der Waals surface area (Å²) in [5.41, 5.74) is 4.07. The first kappa shape index (κ1) is 27.1. The first-order chi connectivity index (χ1) is 18.4. The molecule has 0 aliphatic carbocycles. The molecule has 2 aromatic rings. The van der Waals surface area contributed by atoms with Gasteiger partial charge in [-0.2, -0.15) is 5.10 Å². The summed E-state index contributed by atoms with van der Waals surface area (Å²) >= 11 is 5.30. The Morgan fingerprint density at radius 1 is 1.21 bits per heavy atom. The predicted molar refractivity (Wildman–Crippen MR) is 147 cm³/mol. The molecule has 0 unspecified atom stereocenters. The third-order valence-corrected chi connectivity index (χ3v) is 6.38. The minimum Gasteiger partial charge on any atom is -0.483 e. The zero-order chi connectivity index (χ0) is 27.1. The summed E-state index contributed by atoms with van der Waals surface area (Å²) in [5, 5.41) is 10.4. The van der Waals surface area contributed by atoms with Gasteiger partial charge in [0.15, 0.2) is 17.6 Å². The Kier molecular flexibility index (Phi) is 8.98. The Bertz CT molecular complexity index is 1230. The zero-order valence-electron chi connectivity index (χ0n) is 21.7. The van der Waals surface area contributed by atoms with Crippen LogP contribution in [0.25, 0.3) is 0 Å². The fourth-order valence-corrected chi connectivity index (χ4v) is 4.48. The number of thiocarbonyl (C=S) groups is 1. The lowest BCUT2D eigenvalue weighted by Gasteiger charge is -2.32. The van der Waals surface area contributed by atoms with Crippen LogP contribution in [-0.4, -0.2) is 74.5 Å². The SMILES string of the molecule is CCOC(=O)C1=C(C)NC(=S)N[C@H]1c1ccccc1OCC(=O)NN=Cc1ccc(N2CCN(C)CC2)o1. The highest BCUT2D eigenvalue weighted by atomic mass is 32.1. The maximum atomic E-state index is 12.7. The van der Waals surface area contributed by atoms with Crippen molar-refractivity contribution in [2.24, 2.45) is 5.10 Å². The molecule has 1 fully saturated rings. The number of piperazine rings is 1. The Labute approximate surface area is 226 Å². The molecule has 2 aliphatic heterocycles. The lowest BCUT2D eigenvalue weighted by atomic mass is 9.95. The first-order valence-corrected chi connectivity index (χ1v) is 12.8. The highest BCUT2D eigenvalue weighted by Gasteiger charge is 2.32. The van der Waals surface area contributed by atoms with E-state index in [0.29, 0.717) is 33.5 Å². The van der Waals surface area contributed by atoms with E-state index in [0.717, 1.165) is 32.1 Å². The van der Waals surface area contributed by atoms with Crippen molar-refractivity contribution in [3.05, 3.63) is 59.0 Å². The maximum Gasteiger partial charge on any atom is 0.338 e. The van der Waals surface area contributed by atoms with Gasteiger partial charge in [0.05, 0.1) is 24.4 Å². The summed E-state index contributed by atoms with van der Waals surface area (Å²) in [6, 6.07) is 10.2. The number of carbonyl (C=O) groups is 2. The third kappa shape index (κ3) is 6.69. The number of likely N-dealkylation sites (N-methyl/N-ethyl adjacent to an activating group) is 1. The van der Waals surface area contributed by atoms with Crippen LogP contribution in [0.2, 0.25) is 0 Å². The fraction of sp³-hybridized carbons (Fsp3) is 0.385. The van der Waals surface area contributed by atoms with Crippen LogP contribution in [0.15, 0.2) is 57.2 Å². The maximum absolute atomic E-state index is 12.7. The summed E-state index contributed by atoms with van der Waals surface area (Å²) in [4.78, 5) is 29.5. The van der Waals surface area contributed by atoms with Crippen LogP contribution < -0.4 is 25.7 Å². The van der Waals surface area contributed by atoms with Gasteiger partial charge in [-0.25, -0.2) is 10.2 Å². The van der Waals surface area contributed by atoms with E-state index in [2.05, 4.69) is 38.0 Å². The van der Waals surface area contributed by atoms with Gasteiger partial charge < -0.3 is 34.3 Å². The molecule has 202 valence electrons. The normalized spacial score (nSPS) is 18.2. The van der Waals surface area contributed by atoms with Gasteiger partial charge in [0.2, 0.25) is 0 Å². The Hall–Kier alpha value is -3.90. The molecule has 0 radical (unpaired) electrons. The number of benzene rings is 1. The topological polar surface area (TPSA) is 121 Å². The van der Waals surface area contributed by atoms with Crippen LogP contribution in [0.3, 0.4) is 0 Å². The number of allylic oxidation sites excluding steroid dienone is 1. The first-order valence-electron chi connectivity index (χ1n) is 12.4. The van der Waals surface area contributed by atoms with Crippen LogP contribution in [0.5, 0.6) is 5.75 Å². The largest absolute Gasteiger partial charge is 0.483 e. The van der Waals surface area contributed by atoms with Crippen LogP contribution in [-0.2, 0) is 14.3 Å². The molecular formula is C26H32N6O5S. The van der Waals surface area contributed by atoms with E-state index in [1.807, 2.05) is 18.2 Å². The van der Waals surface area contributed by atoms with Crippen molar-refractivity contribution in [2.75, 3.05) is 51.3 Å². The van der Waals surface area contributed by atoms with Gasteiger partial charge in [-0.1, -0.05) is 18.2 Å². The van der Waals surface area contributed by atoms with E-state index in [4.69, 9.17) is 26.1 Å². The van der Waals surface area contributed by atoms with Gasteiger partial charge >= 0.3 is 5.97 Å². The van der Waals surface area contributed by atoms with Gasteiger partial charge in [0, 0.05) is 43.5 Å². The van der Waals surface area contributed by atoms with Gasteiger partial charge in [-0.05, 0) is 45.2 Å². The van der Waals surface area contributed by atoms with Crippen molar-refractivity contribution in [1.82, 2.24) is 21.0 Å². The predicted octanol–water partition coefficient (Wildman–Crippen LogP) is 1.92. The monoisotopic (exact) mass is 540 g/mol. The number of furan rings is 1. The van der Waals surface area contributed by atoms with Crippen LogP contribution in [0, 0.1) is 0 Å². The Balaban J connectivity index is 1.36. The summed E-state index contributed by atoms with van der Waals surface area (Å²) in [6.07, 6.45) is 1.45. The number of amides is 1. The highest BCUT2D eigenvalue weighted by molar-refractivity contribution is 7.80. The van der Waals surface area contributed by atoms with Gasteiger partial charge in [-0.3, -0.25) is 4.79 Å². The molecular weight excluding hydrogens is 508 g/mol. The molecule has 1 aromatic carbocycles. The summed E-state index contributed by atoms with van der Waals surface area (Å²) in [6.45, 7) is 7.19. The van der Waals surface area contributed by atoms with E-state index in [1.165, 1.54) is 6.21 Å². The molecule has 1 atom stereocenters. The van der Waals surface area contributed by atoms with Crippen molar-refractivity contribution in [3.8, 4) is 5.75 Å². The van der Waals surface area contributed by atoms with Crippen LogP contribution in [0.1, 0.15) is 31.2 Å². The van der Waals surface area contributed by atoms with Crippen LogP contribution >= 0.6 is 12.2 Å². The van der Waals surface area contributed by atoms with Crippen molar-refractivity contribution < 1.29 is 23.5 Å². The third-order valence-electron chi connectivity index (χ3n) is 6.16. The second-order valence-corrected chi connectivity index (χ2v) is 9.28. The standard InChI is InChI=1S/C26H32N6O5S/c1-4-35-25(34)23-17(2)28-26(38)29-24(23)19-7-5-6-8-20(19)36-16-21(33)30-27-15-18-9-10-22(37-18)32-13-11-31(3)12-14-32/h5-10,15,24H,4,11-14,16H2,1-3H3,(H,30,33)(H2,28,29,38)/t24-/m0/s1. The molecule has 2 aliphatic rings. The average Bonchev–Trinajstić information content (AvgIpc) is 3.36. The number of ether oxygens (including phenoxy) is 2. The summed E-state index contributed by atoms with van der Waals surface area (Å²) in [5.74, 6) is 0.822. The van der Waals surface area contributed by atoms with Crippen molar-refractivity contribution >= 4 is 41.3 Å². The van der Waals surface area contributed by atoms with Gasteiger partial charge in [0.1, 0.15) is 11.5 Å². The number of para-hydroxylation sites is 1.